The number of ether oxygens (including phenoxy) is 2. The van der Waals surface area contributed by atoms with Crippen LogP contribution < -0.4 is 25.6 Å². The van der Waals surface area contributed by atoms with Gasteiger partial charge >= 0.3 is 0 Å². The minimum atomic E-state index is -0.471. The normalized spacial score (nSPS) is 12.0. The molecule has 0 spiro atoms. The third kappa shape index (κ3) is 11.2. The molecule has 1 atom stereocenters. The van der Waals surface area contributed by atoms with Gasteiger partial charge in [-0.15, -0.1) is 0 Å². The number of amides is 2. The van der Waals surface area contributed by atoms with Crippen molar-refractivity contribution in [2.75, 3.05) is 32.3 Å². The molecule has 0 radical (unpaired) electrons. The van der Waals surface area contributed by atoms with Crippen LogP contribution >= 0.6 is 11.8 Å². The summed E-state index contributed by atoms with van der Waals surface area (Å²) in [5, 5.41) is 2.44. The Labute approximate surface area is 190 Å². The van der Waals surface area contributed by atoms with Crippen molar-refractivity contribution in [2.45, 2.75) is 52.0 Å². The van der Waals surface area contributed by atoms with Gasteiger partial charge < -0.3 is 9.47 Å². The van der Waals surface area contributed by atoms with Gasteiger partial charge in [-0.1, -0.05) is 32.8 Å². The number of rotatable bonds is 16. The van der Waals surface area contributed by atoms with Crippen molar-refractivity contribution < 1.29 is 19.1 Å². The minimum Gasteiger partial charge on any atom is -0.493 e. The quantitative estimate of drug-likeness (QED) is 0.201. The van der Waals surface area contributed by atoms with E-state index in [1.807, 2.05) is 18.4 Å². The molecule has 1 rings (SSSR count). The van der Waals surface area contributed by atoms with Crippen molar-refractivity contribution in [3.63, 3.8) is 0 Å². The second-order valence-electron chi connectivity index (χ2n) is 7.06. The van der Waals surface area contributed by atoms with Gasteiger partial charge in [0.2, 0.25) is 5.91 Å². The molecule has 0 fully saturated rings. The van der Waals surface area contributed by atoms with Crippen LogP contribution in [-0.4, -0.2) is 50.1 Å². The number of imide groups is 1. The first-order valence-electron chi connectivity index (χ1n) is 10.9. The number of hydrazine groups is 1. The maximum absolute atomic E-state index is 12.5. The third-order valence-electron chi connectivity index (χ3n) is 4.48. The first kappa shape index (κ1) is 27.0. The van der Waals surface area contributed by atoms with Crippen molar-refractivity contribution in [1.82, 2.24) is 16.2 Å². The van der Waals surface area contributed by atoms with Gasteiger partial charge in [0.1, 0.15) is 6.04 Å². The molecule has 1 aromatic rings. The number of carbonyl (C=O) groups excluding carboxylic acids is 2. The summed E-state index contributed by atoms with van der Waals surface area (Å²) in [6.45, 7) is 5.61. The van der Waals surface area contributed by atoms with Gasteiger partial charge in [0.15, 0.2) is 11.5 Å². The van der Waals surface area contributed by atoms with Crippen molar-refractivity contribution >= 4 is 29.7 Å². The number of carbonyl (C=O) groups is 2. The Morgan fingerprint density at radius 3 is 2.61 bits per heavy atom. The van der Waals surface area contributed by atoms with Crippen LogP contribution in [0.25, 0.3) is 6.08 Å². The van der Waals surface area contributed by atoms with E-state index in [0.29, 0.717) is 24.5 Å². The van der Waals surface area contributed by atoms with E-state index in [1.165, 1.54) is 6.08 Å². The number of nitrogens with one attached hydrogen (secondary N) is 3. The highest BCUT2D eigenvalue weighted by Crippen LogP contribution is 2.28. The predicted molar refractivity (Wildman–Crippen MR) is 128 cm³/mol. The summed E-state index contributed by atoms with van der Waals surface area (Å²) in [5.41, 5.74) is 6.87. The fourth-order valence-electron chi connectivity index (χ4n) is 2.62. The molecule has 0 saturated carbocycles. The predicted octanol–water partition coefficient (Wildman–Crippen LogP) is 3.55. The number of thioether (sulfide) groups is 1. The van der Waals surface area contributed by atoms with Crippen LogP contribution in [0, 0.1) is 0 Å². The fraction of sp³-hybridized carbons (Fsp3) is 0.565. The summed E-state index contributed by atoms with van der Waals surface area (Å²) in [6.07, 6.45) is 9.71. The summed E-state index contributed by atoms with van der Waals surface area (Å²) in [5.74, 6) is 1.29. The Balaban J connectivity index is 2.66. The summed E-state index contributed by atoms with van der Waals surface area (Å²) in [4.78, 5) is 24.7. The van der Waals surface area contributed by atoms with Crippen molar-refractivity contribution in [3.05, 3.63) is 29.8 Å². The first-order chi connectivity index (χ1) is 15.0. The number of hydrogen-bond acceptors (Lipinski definition) is 7. The molecule has 3 N–H and O–H groups in total. The topological polar surface area (TPSA) is 88.7 Å². The van der Waals surface area contributed by atoms with E-state index in [1.54, 1.807) is 31.0 Å². The van der Waals surface area contributed by atoms with Crippen molar-refractivity contribution in [1.29, 1.82) is 0 Å². The van der Waals surface area contributed by atoms with E-state index >= 15 is 0 Å². The standard InChI is InChI=1S/C23H37N3O4S/c1-5-7-14-24-26-19(13-16-31-4)23(28)25-22(27)12-10-18-9-11-20(21(17-18)29-3)30-15-8-6-2/h9-12,17,19,24,26H,5-8,13-16H2,1-4H3,(H,25,27,28)/b12-10+/t19-/m0/s1. The Bertz CT molecular complexity index is 697. The van der Waals surface area contributed by atoms with Crippen LogP contribution in [0.15, 0.2) is 24.3 Å². The van der Waals surface area contributed by atoms with Gasteiger partial charge in [0, 0.05) is 12.6 Å². The Hall–Kier alpha value is -2.03. The van der Waals surface area contributed by atoms with E-state index in [0.717, 1.165) is 43.5 Å². The Morgan fingerprint density at radius 2 is 1.94 bits per heavy atom. The average molecular weight is 452 g/mol. The second-order valence-corrected chi connectivity index (χ2v) is 8.04. The number of methoxy groups -OCH3 is 1. The second kappa shape index (κ2) is 16.6. The maximum atomic E-state index is 12.5. The highest BCUT2D eigenvalue weighted by molar-refractivity contribution is 7.98. The fourth-order valence-corrected chi connectivity index (χ4v) is 3.09. The van der Waals surface area contributed by atoms with Gasteiger partial charge in [-0.3, -0.25) is 20.3 Å². The van der Waals surface area contributed by atoms with E-state index in [9.17, 15) is 9.59 Å². The lowest BCUT2D eigenvalue weighted by atomic mass is 10.2. The van der Waals surface area contributed by atoms with Gasteiger partial charge in [0.25, 0.3) is 5.91 Å². The first-order valence-corrected chi connectivity index (χ1v) is 12.3. The zero-order chi connectivity index (χ0) is 22.9. The van der Waals surface area contributed by atoms with Crippen LogP contribution in [0.2, 0.25) is 0 Å². The molecule has 2 amide bonds. The van der Waals surface area contributed by atoms with E-state index in [4.69, 9.17) is 9.47 Å². The van der Waals surface area contributed by atoms with E-state index in [2.05, 4.69) is 30.0 Å². The van der Waals surface area contributed by atoms with Gasteiger partial charge in [-0.2, -0.15) is 11.8 Å². The largest absolute Gasteiger partial charge is 0.493 e. The molecule has 1 aromatic carbocycles. The lowest BCUT2D eigenvalue weighted by Gasteiger charge is -2.17. The molecule has 0 aromatic heterocycles. The summed E-state index contributed by atoms with van der Waals surface area (Å²) >= 11 is 1.66. The highest BCUT2D eigenvalue weighted by atomic mass is 32.2. The van der Waals surface area contributed by atoms with Crippen molar-refractivity contribution in [3.8, 4) is 11.5 Å². The molecular formula is C23H37N3O4S. The lowest BCUT2D eigenvalue weighted by Crippen LogP contribution is -2.51. The van der Waals surface area contributed by atoms with E-state index < -0.39 is 11.9 Å². The molecule has 0 heterocycles. The molecule has 8 heteroatoms. The van der Waals surface area contributed by atoms with Crippen LogP contribution in [0.5, 0.6) is 11.5 Å². The lowest BCUT2D eigenvalue weighted by molar-refractivity contribution is -0.129. The zero-order valence-electron chi connectivity index (χ0n) is 19.2. The highest BCUT2D eigenvalue weighted by Gasteiger charge is 2.18. The molecule has 174 valence electrons. The summed E-state index contributed by atoms with van der Waals surface area (Å²) in [6, 6.07) is 4.99. The average Bonchev–Trinajstić information content (AvgIpc) is 2.77. The molecule has 7 nitrogen and oxygen atoms in total. The van der Waals surface area contributed by atoms with Crippen LogP contribution in [-0.2, 0) is 9.59 Å². The van der Waals surface area contributed by atoms with Gasteiger partial charge in [-0.25, -0.2) is 5.43 Å². The summed E-state index contributed by atoms with van der Waals surface area (Å²) < 4.78 is 11.1. The Kier molecular flexibility index (Phi) is 14.5. The molecule has 0 aliphatic rings. The Morgan fingerprint density at radius 1 is 1.16 bits per heavy atom. The maximum Gasteiger partial charge on any atom is 0.250 e. The van der Waals surface area contributed by atoms with Gasteiger partial charge in [0.05, 0.1) is 13.7 Å². The number of benzene rings is 1. The monoisotopic (exact) mass is 451 g/mol. The molecule has 0 aliphatic heterocycles. The SMILES string of the molecule is CCCCNN[C@@H](CCSC)C(=O)NC(=O)/C=C/c1ccc(OCCCC)c(OC)c1. The van der Waals surface area contributed by atoms with Crippen LogP contribution in [0.3, 0.4) is 0 Å². The summed E-state index contributed by atoms with van der Waals surface area (Å²) in [7, 11) is 1.58. The minimum absolute atomic E-state index is 0.343. The van der Waals surface area contributed by atoms with Crippen LogP contribution in [0.4, 0.5) is 0 Å². The molecular weight excluding hydrogens is 414 g/mol. The zero-order valence-corrected chi connectivity index (χ0v) is 20.0. The molecule has 0 aliphatic carbocycles. The number of hydrogen-bond donors (Lipinski definition) is 3. The molecule has 0 unspecified atom stereocenters. The molecule has 31 heavy (non-hydrogen) atoms. The molecule has 0 bridgehead atoms. The third-order valence-corrected chi connectivity index (χ3v) is 5.12. The van der Waals surface area contributed by atoms with Gasteiger partial charge in [-0.05, 0) is 55.0 Å². The van der Waals surface area contributed by atoms with E-state index in [-0.39, 0.29) is 5.91 Å². The molecule has 0 saturated heterocycles. The van der Waals surface area contributed by atoms with Crippen molar-refractivity contribution in [2.24, 2.45) is 0 Å². The van der Waals surface area contributed by atoms with Crippen LogP contribution in [0.1, 0.15) is 51.5 Å². The number of unbranched alkanes of at least 4 members (excludes halogenated alkanes) is 2. The smallest absolute Gasteiger partial charge is 0.250 e.